The molecule has 1 aromatic rings. The predicted octanol–water partition coefficient (Wildman–Crippen LogP) is 5.95. The second kappa shape index (κ2) is 12.0. The molecular weight excluding hydrogens is 299 g/mol. The van der Waals surface area contributed by atoms with Crippen LogP contribution in [0.25, 0.3) is 0 Å². The molecule has 0 heterocycles. The molecule has 122 valence electrons. The molecule has 0 aromatic heterocycles. The fourth-order valence-corrected chi connectivity index (χ4v) is 3.36. The van der Waals surface area contributed by atoms with Gasteiger partial charge in [-0.2, -0.15) is 0 Å². The molecule has 1 unspecified atom stereocenters. The first kappa shape index (κ1) is 20.4. The van der Waals surface area contributed by atoms with Gasteiger partial charge >= 0.3 is 7.25 Å². The van der Waals surface area contributed by atoms with E-state index in [1.54, 1.807) is 0 Å². The highest BCUT2D eigenvalue weighted by atomic mass is 32.2. The Morgan fingerprint density at radius 3 is 1.86 bits per heavy atom. The highest BCUT2D eigenvalue weighted by Crippen LogP contribution is 2.14. The minimum atomic E-state index is -6.00. The Hall–Kier alpha value is -0.645. The van der Waals surface area contributed by atoms with Gasteiger partial charge in [-0.25, -0.2) is 0 Å². The molecule has 0 spiro atoms. The minimum Gasteiger partial charge on any atom is -0.418 e. The van der Waals surface area contributed by atoms with Crippen LogP contribution < -0.4 is 0 Å². The van der Waals surface area contributed by atoms with Gasteiger partial charge in [-0.15, -0.1) is 0 Å². The van der Waals surface area contributed by atoms with Gasteiger partial charge in [0.25, 0.3) is 0 Å². The molecule has 0 radical (unpaired) electrons. The molecule has 0 saturated heterocycles. The van der Waals surface area contributed by atoms with Crippen molar-refractivity contribution in [3.63, 3.8) is 0 Å². The highest BCUT2D eigenvalue weighted by molar-refractivity contribution is 7.96. The molecule has 0 saturated carbocycles. The molecule has 0 aliphatic rings. The Kier molecular flexibility index (Phi) is 11.6. The van der Waals surface area contributed by atoms with Gasteiger partial charge in [0.2, 0.25) is 0 Å². The summed E-state index contributed by atoms with van der Waals surface area (Å²) in [6.07, 6.45) is 10.8. The lowest BCUT2D eigenvalue weighted by Crippen LogP contribution is -2.05. The molecule has 1 atom stereocenters. The van der Waals surface area contributed by atoms with Crippen molar-refractivity contribution in [3.05, 3.63) is 30.3 Å². The molecule has 6 heteroatoms. The first-order valence-corrected chi connectivity index (χ1v) is 9.19. The van der Waals surface area contributed by atoms with Crippen LogP contribution in [0.2, 0.25) is 0 Å². The van der Waals surface area contributed by atoms with Gasteiger partial charge in [-0.3, -0.25) is 0 Å². The summed E-state index contributed by atoms with van der Waals surface area (Å²) in [6.45, 7) is 2.28. The van der Waals surface area contributed by atoms with Gasteiger partial charge in [0.05, 0.1) is 0 Å². The van der Waals surface area contributed by atoms with Crippen LogP contribution in [0.5, 0.6) is 0 Å². The first-order chi connectivity index (χ1) is 9.84. The number of rotatable bonds is 8. The Balaban J connectivity index is 0.000000690. The van der Waals surface area contributed by atoms with Crippen molar-refractivity contribution < 1.29 is 17.3 Å². The smallest absolute Gasteiger partial charge is 0.418 e. The van der Waals surface area contributed by atoms with E-state index in [0.717, 1.165) is 0 Å². The maximum atomic E-state index is 9.75. The fraction of sp³-hybridized carbons (Fsp3) is 0.600. The second-order valence-electron chi connectivity index (χ2n) is 4.92. The van der Waals surface area contributed by atoms with E-state index in [4.69, 9.17) is 0 Å². The molecule has 0 nitrogen and oxygen atoms in total. The second-order valence-corrected chi connectivity index (χ2v) is 7.07. The highest BCUT2D eigenvalue weighted by Gasteiger charge is 2.20. The predicted molar refractivity (Wildman–Crippen MR) is 86.4 cm³/mol. The van der Waals surface area contributed by atoms with Crippen molar-refractivity contribution in [2.45, 2.75) is 50.3 Å². The topological polar surface area (TPSA) is 0 Å². The van der Waals surface area contributed by atoms with Crippen molar-refractivity contribution in [3.8, 4) is 0 Å². The number of unbranched alkanes of at least 4 members (excludes halogenated alkanes) is 5. The number of hydrogen-bond acceptors (Lipinski definition) is 0. The van der Waals surface area contributed by atoms with Gasteiger partial charge in [0, 0.05) is 10.9 Å². The molecule has 0 bridgehead atoms. The maximum absolute atomic E-state index is 9.75. The SMILES string of the molecule is CCCCCCCC[S+](C)c1ccccc1.F[B-](F)(F)F. The standard InChI is InChI=1S/C15H25S.BF4/c1-3-4-5-6-7-11-14-16(2)15-12-9-8-10-13-15;2-1(3,4)5/h8-10,12-13H,3-7,11,14H2,1-2H3;/q+1;-1. The van der Waals surface area contributed by atoms with Crippen molar-refractivity contribution in [1.82, 2.24) is 0 Å². The van der Waals surface area contributed by atoms with Gasteiger partial charge in [0.1, 0.15) is 12.0 Å². The fourth-order valence-electron chi connectivity index (χ4n) is 1.87. The van der Waals surface area contributed by atoms with Crippen LogP contribution in [-0.4, -0.2) is 19.3 Å². The monoisotopic (exact) mass is 324 g/mol. The normalized spacial score (nSPS) is 12.5. The van der Waals surface area contributed by atoms with Crippen molar-refractivity contribution in [2.75, 3.05) is 12.0 Å². The van der Waals surface area contributed by atoms with E-state index in [9.17, 15) is 17.3 Å². The maximum Gasteiger partial charge on any atom is 0.673 e. The lowest BCUT2D eigenvalue weighted by atomic mass is 10.1. The number of hydrogen-bond donors (Lipinski definition) is 0. The molecule has 0 fully saturated rings. The van der Waals surface area contributed by atoms with Crippen molar-refractivity contribution >= 4 is 18.1 Å². The van der Waals surface area contributed by atoms with Gasteiger partial charge < -0.3 is 17.3 Å². The zero-order valence-corrected chi connectivity index (χ0v) is 13.7. The summed E-state index contributed by atoms with van der Waals surface area (Å²) in [5.41, 5.74) is 0. The zero-order chi connectivity index (χ0) is 16.1. The lowest BCUT2D eigenvalue weighted by molar-refractivity contribution is 0.368. The molecule has 0 aliphatic carbocycles. The Labute approximate surface area is 128 Å². The quantitative estimate of drug-likeness (QED) is 0.240. The number of benzene rings is 1. The van der Waals surface area contributed by atoms with Crippen LogP contribution in [0, 0.1) is 0 Å². The van der Waals surface area contributed by atoms with E-state index < -0.39 is 7.25 Å². The molecule has 1 rings (SSSR count). The lowest BCUT2D eigenvalue weighted by Gasteiger charge is -2.03. The van der Waals surface area contributed by atoms with Crippen LogP contribution in [0.1, 0.15) is 45.4 Å². The van der Waals surface area contributed by atoms with E-state index >= 15 is 0 Å². The van der Waals surface area contributed by atoms with Gasteiger partial charge in [-0.05, 0) is 25.0 Å². The summed E-state index contributed by atoms with van der Waals surface area (Å²) in [4.78, 5) is 1.52. The molecule has 0 amide bonds. The van der Waals surface area contributed by atoms with E-state index in [1.807, 2.05) is 0 Å². The summed E-state index contributed by atoms with van der Waals surface area (Å²) in [7, 11) is -5.54. The first-order valence-electron chi connectivity index (χ1n) is 7.39. The summed E-state index contributed by atoms with van der Waals surface area (Å²) >= 11 is 0. The van der Waals surface area contributed by atoms with Crippen LogP contribution in [-0.2, 0) is 10.9 Å². The van der Waals surface area contributed by atoms with Gasteiger partial charge in [0.15, 0.2) is 4.90 Å². The summed E-state index contributed by atoms with van der Waals surface area (Å²) < 4.78 is 39.0. The Morgan fingerprint density at radius 2 is 1.33 bits per heavy atom. The van der Waals surface area contributed by atoms with Crippen LogP contribution in [0.3, 0.4) is 0 Å². The zero-order valence-electron chi connectivity index (χ0n) is 12.8. The van der Waals surface area contributed by atoms with Crippen molar-refractivity contribution in [1.29, 1.82) is 0 Å². The average molecular weight is 324 g/mol. The third-order valence-electron chi connectivity index (χ3n) is 2.95. The van der Waals surface area contributed by atoms with Crippen LogP contribution in [0.15, 0.2) is 35.2 Å². The average Bonchev–Trinajstić information content (AvgIpc) is 2.41. The van der Waals surface area contributed by atoms with E-state index in [-0.39, 0.29) is 0 Å². The van der Waals surface area contributed by atoms with E-state index in [0.29, 0.717) is 10.9 Å². The third-order valence-corrected chi connectivity index (χ3v) is 4.93. The molecule has 1 aromatic carbocycles. The Morgan fingerprint density at radius 1 is 0.857 bits per heavy atom. The van der Waals surface area contributed by atoms with Crippen molar-refractivity contribution in [2.24, 2.45) is 0 Å². The Bertz CT molecular complexity index is 337. The molecule has 21 heavy (non-hydrogen) atoms. The number of halogens is 4. The van der Waals surface area contributed by atoms with E-state index in [1.165, 1.54) is 49.2 Å². The summed E-state index contributed by atoms with van der Waals surface area (Å²) in [6, 6.07) is 10.9. The van der Waals surface area contributed by atoms with Gasteiger partial charge in [-0.1, -0.05) is 50.8 Å². The van der Waals surface area contributed by atoms with Crippen LogP contribution in [0.4, 0.5) is 17.3 Å². The molecular formula is C15H25BF4S. The largest absolute Gasteiger partial charge is 0.673 e. The molecule has 0 aliphatic heterocycles. The van der Waals surface area contributed by atoms with E-state index in [2.05, 4.69) is 43.5 Å². The van der Waals surface area contributed by atoms with Crippen LogP contribution >= 0.6 is 0 Å². The summed E-state index contributed by atoms with van der Waals surface area (Å²) in [5.74, 6) is 1.37. The molecule has 0 N–H and O–H groups in total. The summed E-state index contributed by atoms with van der Waals surface area (Å²) in [5, 5.41) is 0. The minimum absolute atomic E-state index is 0.459. The third kappa shape index (κ3) is 15.6.